The van der Waals surface area contributed by atoms with Crippen molar-refractivity contribution in [1.82, 2.24) is 9.91 Å². The molecular weight excluding hydrogens is 378 g/mol. The number of nitrogens with zero attached hydrogens (tertiary/aromatic N) is 3. The van der Waals surface area contributed by atoms with Crippen molar-refractivity contribution in [2.75, 3.05) is 26.2 Å². The molecular formula is C25H26ClN3. The molecule has 0 atom stereocenters. The smallest absolute Gasteiger partial charge is 0.0646 e. The maximum Gasteiger partial charge on any atom is 0.0646 e. The van der Waals surface area contributed by atoms with Crippen LogP contribution in [0.5, 0.6) is 0 Å². The maximum atomic E-state index is 5.98. The fourth-order valence-electron chi connectivity index (χ4n) is 3.65. The van der Waals surface area contributed by atoms with E-state index in [1.165, 1.54) is 22.3 Å². The van der Waals surface area contributed by atoms with Crippen molar-refractivity contribution >= 4 is 17.3 Å². The van der Waals surface area contributed by atoms with Gasteiger partial charge < -0.3 is 0 Å². The lowest BCUT2D eigenvalue weighted by Gasteiger charge is -2.33. The number of benzene rings is 3. The van der Waals surface area contributed by atoms with Gasteiger partial charge in [0.05, 0.1) is 5.71 Å². The van der Waals surface area contributed by atoms with Gasteiger partial charge in [-0.1, -0.05) is 78.3 Å². The first-order valence-electron chi connectivity index (χ1n) is 10.1. The predicted molar refractivity (Wildman–Crippen MR) is 122 cm³/mol. The van der Waals surface area contributed by atoms with Gasteiger partial charge in [0.1, 0.15) is 0 Å². The first-order chi connectivity index (χ1) is 14.2. The van der Waals surface area contributed by atoms with Crippen LogP contribution in [0.2, 0.25) is 5.02 Å². The van der Waals surface area contributed by atoms with Crippen LogP contribution in [0.1, 0.15) is 18.1 Å². The molecule has 0 aromatic heterocycles. The summed E-state index contributed by atoms with van der Waals surface area (Å²) in [4.78, 5) is 2.47. The lowest BCUT2D eigenvalue weighted by Crippen LogP contribution is -2.43. The summed E-state index contributed by atoms with van der Waals surface area (Å²) in [5.74, 6) is 0. The standard InChI is InChI=1S/C25H26ClN3/c1-20(22-9-11-24(12-10-22)23-5-3-2-4-6-23)27-29-17-15-28(16-18-29)19-21-7-13-25(26)14-8-21/h2-14H,15-19H2,1H3/b27-20-. The molecule has 3 nitrogen and oxygen atoms in total. The minimum absolute atomic E-state index is 0.792. The average Bonchev–Trinajstić information content (AvgIpc) is 2.77. The molecule has 148 valence electrons. The number of halogens is 1. The summed E-state index contributed by atoms with van der Waals surface area (Å²) in [6, 6.07) is 27.3. The minimum atomic E-state index is 0.792. The largest absolute Gasteiger partial charge is 0.295 e. The summed E-state index contributed by atoms with van der Waals surface area (Å²) in [5.41, 5.74) is 6.02. The van der Waals surface area contributed by atoms with Gasteiger partial charge in [0.15, 0.2) is 0 Å². The molecule has 4 rings (SSSR count). The lowest BCUT2D eigenvalue weighted by atomic mass is 10.0. The zero-order valence-electron chi connectivity index (χ0n) is 16.8. The summed E-state index contributed by atoms with van der Waals surface area (Å²) in [6.07, 6.45) is 0. The van der Waals surface area contributed by atoms with E-state index in [4.69, 9.17) is 16.7 Å². The van der Waals surface area contributed by atoms with Crippen LogP contribution in [0.4, 0.5) is 0 Å². The Morgan fingerprint density at radius 3 is 2.07 bits per heavy atom. The van der Waals surface area contributed by atoms with Crippen LogP contribution >= 0.6 is 11.6 Å². The quantitative estimate of drug-likeness (QED) is 0.520. The highest BCUT2D eigenvalue weighted by molar-refractivity contribution is 6.30. The molecule has 0 aliphatic carbocycles. The van der Waals surface area contributed by atoms with Gasteiger partial charge in [-0.2, -0.15) is 5.10 Å². The lowest BCUT2D eigenvalue weighted by molar-refractivity contribution is 0.130. The van der Waals surface area contributed by atoms with Crippen LogP contribution in [0, 0.1) is 0 Å². The van der Waals surface area contributed by atoms with Gasteiger partial charge >= 0.3 is 0 Å². The fourth-order valence-corrected chi connectivity index (χ4v) is 3.77. The summed E-state index contributed by atoms with van der Waals surface area (Å²) >= 11 is 5.98. The third kappa shape index (κ3) is 5.26. The summed E-state index contributed by atoms with van der Waals surface area (Å²) in [6.45, 7) is 7.00. The Hall–Kier alpha value is -2.62. The van der Waals surface area contributed by atoms with Gasteiger partial charge in [0, 0.05) is 37.7 Å². The maximum absolute atomic E-state index is 5.98. The van der Waals surface area contributed by atoms with E-state index in [-0.39, 0.29) is 0 Å². The molecule has 0 amide bonds. The van der Waals surface area contributed by atoms with Crippen LogP contribution in [0.3, 0.4) is 0 Å². The van der Waals surface area contributed by atoms with Crippen molar-refractivity contribution in [3.63, 3.8) is 0 Å². The Morgan fingerprint density at radius 2 is 1.41 bits per heavy atom. The van der Waals surface area contributed by atoms with Crippen molar-refractivity contribution < 1.29 is 0 Å². The van der Waals surface area contributed by atoms with E-state index in [1.54, 1.807) is 0 Å². The Balaban J connectivity index is 1.33. The predicted octanol–water partition coefficient (Wildman–Crippen LogP) is 5.55. The summed E-state index contributed by atoms with van der Waals surface area (Å²) < 4.78 is 0. The second-order valence-electron chi connectivity index (χ2n) is 7.49. The molecule has 0 saturated carbocycles. The molecule has 0 spiro atoms. The molecule has 1 aliphatic rings. The van der Waals surface area contributed by atoms with Crippen LogP contribution in [0.25, 0.3) is 11.1 Å². The van der Waals surface area contributed by atoms with Gasteiger partial charge in [-0.3, -0.25) is 9.91 Å². The number of piperazine rings is 1. The van der Waals surface area contributed by atoms with Crippen LogP contribution in [-0.2, 0) is 6.54 Å². The average molecular weight is 404 g/mol. The van der Waals surface area contributed by atoms with Gasteiger partial charge in [0.25, 0.3) is 0 Å². The van der Waals surface area contributed by atoms with E-state index in [2.05, 4.69) is 77.5 Å². The zero-order valence-corrected chi connectivity index (χ0v) is 17.5. The Bertz CT molecular complexity index is 942. The van der Waals surface area contributed by atoms with E-state index in [1.807, 2.05) is 18.2 Å². The highest BCUT2D eigenvalue weighted by Crippen LogP contribution is 2.20. The first kappa shape index (κ1) is 19.7. The Kier molecular flexibility index (Phi) is 6.28. The normalized spacial score (nSPS) is 15.5. The summed E-state index contributed by atoms with van der Waals surface area (Å²) in [7, 11) is 0. The monoisotopic (exact) mass is 403 g/mol. The molecule has 0 radical (unpaired) electrons. The van der Waals surface area contributed by atoms with Gasteiger partial charge in [-0.25, -0.2) is 0 Å². The van der Waals surface area contributed by atoms with Crippen LogP contribution in [-0.4, -0.2) is 41.8 Å². The van der Waals surface area contributed by atoms with E-state index < -0.39 is 0 Å². The molecule has 29 heavy (non-hydrogen) atoms. The highest BCUT2D eigenvalue weighted by Gasteiger charge is 2.16. The second-order valence-corrected chi connectivity index (χ2v) is 7.92. The third-order valence-corrected chi connectivity index (χ3v) is 5.62. The van der Waals surface area contributed by atoms with Crippen molar-refractivity contribution in [2.45, 2.75) is 13.5 Å². The number of hydrogen-bond acceptors (Lipinski definition) is 3. The first-order valence-corrected chi connectivity index (χ1v) is 10.5. The van der Waals surface area contributed by atoms with Gasteiger partial charge in [-0.05, 0) is 41.3 Å². The second kappa shape index (κ2) is 9.25. The molecule has 1 saturated heterocycles. The SMILES string of the molecule is C/C(=N/N1CCN(Cc2ccc(Cl)cc2)CC1)c1ccc(-c2ccccc2)cc1. The van der Waals surface area contributed by atoms with E-state index in [0.29, 0.717) is 0 Å². The van der Waals surface area contributed by atoms with Crippen LogP contribution < -0.4 is 0 Å². The molecule has 1 fully saturated rings. The molecule has 1 heterocycles. The van der Waals surface area contributed by atoms with Crippen LogP contribution in [0.15, 0.2) is 84.0 Å². The third-order valence-electron chi connectivity index (χ3n) is 5.37. The summed E-state index contributed by atoms with van der Waals surface area (Å²) in [5, 5.41) is 7.85. The molecule has 0 bridgehead atoms. The Morgan fingerprint density at radius 1 is 0.793 bits per heavy atom. The van der Waals surface area contributed by atoms with Crippen molar-refractivity contribution in [3.05, 3.63) is 95.0 Å². The molecule has 0 N–H and O–H groups in total. The highest BCUT2D eigenvalue weighted by atomic mass is 35.5. The molecule has 4 heteroatoms. The fraction of sp³-hybridized carbons (Fsp3) is 0.240. The number of hydrogen-bond donors (Lipinski definition) is 0. The number of hydrazone groups is 1. The van der Waals surface area contributed by atoms with E-state index in [0.717, 1.165) is 43.5 Å². The van der Waals surface area contributed by atoms with Crippen molar-refractivity contribution in [1.29, 1.82) is 0 Å². The van der Waals surface area contributed by atoms with E-state index >= 15 is 0 Å². The number of rotatable bonds is 5. The Labute approximate surface area is 178 Å². The topological polar surface area (TPSA) is 18.8 Å². The van der Waals surface area contributed by atoms with E-state index in [9.17, 15) is 0 Å². The molecule has 3 aromatic carbocycles. The zero-order chi connectivity index (χ0) is 20.1. The minimum Gasteiger partial charge on any atom is -0.295 e. The molecule has 3 aromatic rings. The van der Waals surface area contributed by atoms with Gasteiger partial charge in [-0.15, -0.1) is 0 Å². The van der Waals surface area contributed by atoms with Crippen molar-refractivity contribution in [2.24, 2.45) is 5.10 Å². The van der Waals surface area contributed by atoms with Crippen molar-refractivity contribution in [3.8, 4) is 11.1 Å². The van der Waals surface area contributed by atoms with Gasteiger partial charge in [0.2, 0.25) is 0 Å². The molecule has 1 aliphatic heterocycles. The molecule has 0 unspecified atom stereocenters.